The molecular weight excluding hydrogens is 446 g/mol. The predicted molar refractivity (Wildman–Crippen MR) is 126 cm³/mol. The molecule has 0 spiro atoms. The number of carbonyl (C=O) groups excluding carboxylic acids is 1. The first kappa shape index (κ1) is 23.7. The van der Waals surface area contributed by atoms with Gasteiger partial charge in [-0.15, -0.1) is 0 Å². The molecule has 3 aromatic rings. The largest absolute Gasteiger partial charge is 0.490 e. The first-order chi connectivity index (χ1) is 16.0. The van der Waals surface area contributed by atoms with Crippen LogP contribution in [-0.2, 0) is 17.8 Å². The van der Waals surface area contributed by atoms with E-state index in [4.69, 9.17) is 21.1 Å². The number of halogens is 1. The molecule has 8 nitrogen and oxygen atoms in total. The van der Waals surface area contributed by atoms with Crippen molar-refractivity contribution in [2.45, 2.75) is 20.0 Å². The molecule has 0 heterocycles. The predicted octanol–water partition coefficient (Wildman–Crippen LogP) is 4.92. The van der Waals surface area contributed by atoms with E-state index in [1.807, 2.05) is 25.1 Å². The molecular formula is C24H22ClN3O5. The Morgan fingerprint density at radius 3 is 2.52 bits per heavy atom. The number of rotatable bonds is 10. The molecule has 1 amide bonds. The minimum absolute atomic E-state index is 0.106. The van der Waals surface area contributed by atoms with E-state index in [0.29, 0.717) is 34.3 Å². The minimum atomic E-state index is -0.517. The van der Waals surface area contributed by atoms with Gasteiger partial charge >= 0.3 is 0 Å². The molecule has 3 rings (SSSR count). The molecule has 0 aliphatic heterocycles. The Morgan fingerprint density at radius 2 is 1.79 bits per heavy atom. The number of nitro benzene ring substituents is 1. The maximum atomic E-state index is 12.1. The Morgan fingerprint density at radius 1 is 1.06 bits per heavy atom. The van der Waals surface area contributed by atoms with Gasteiger partial charge in [-0.25, -0.2) is 5.43 Å². The van der Waals surface area contributed by atoms with Gasteiger partial charge in [0.15, 0.2) is 11.5 Å². The fraction of sp³-hybridized carbons (Fsp3) is 0.167. The van der Waals surface area contributed by atoms with Crippen molar-refractivity contribution in [3.63, 3.8) is 0 Å². The highest BCUT2D eigenvalue weighted by molar-refractivity contribution is 6.31. The van der Waals surface area contributed by atoms with Crippen molar-refractivity contribution in [3.05, 3.63) is 98.6 Å². The summed E-state index contributed by atoms with van der Waals surface area (Å²) in [5.41, 5.74) is 4.12. The molecule has 0 aliphatic rings. The zero-order chi connectivity index (χ0) is 23.6. The number of ether oxygens (including phenoxy) is 2. The van der Waals surface area contributed by atoms with E-state index in [2.05, 4.69) is 10.5 Å². The monoisotopic (exact) mass is 467 g/mol. The second-order valence-electron chi connectivity index (χ2n) is 6.88. The van der Waals surface area contributed by atoms with Crippen molar-refractivity contribution in [2.75, 3.05) is 6.61 Å². The van der Waals surface area contributed by atoms with Crippen molar-refractivity contribution in [1.29, 1.82) is 0 Å². The molecule has 0 saturated carbocycles. The third-order valence-corrected chi connectivity index (χ3v) is 4.92. The molecule has 0 radical (unpaired) electrons. The lowest BCUT2D eigenvalue weighted by atomic mass is 10.1. The third kappa shape index (κ3) is 6.78. The third-order valence-electron chi connectivity index (χ3n) is 4.55. The molecule has 170 valence electrons. The maximum absolute atomic E-state index is 12.1. The van der Waals surface area contributed by atoms with E-state index in [-0.39, 0.29) is 18.7 Å². The van der Waals surface area contributed by atoms with E-state index >= 15 is 0 Å². The van der Waals surface area contributed by atoms with Crippen LogP contribution in [0.25, 0.3) is 0 Å². The zero-order valence-corrected chi connectivity index (χ0v) is 18.6. The van der Waals surface area contributed by atoms with Crippen LogP contribution in [0.1, 0.15) is 23.6 Å². The van der Waals surface area contributed by atoms with Gasteiger partial charge in [0.2, 0.25) is 5.91 Å². The fourth-order valence-electron chi connectivity index (χ4n) is 2.99. The average Bonchev–Trinajstić information content (AvgIpc) is 2.80. The number of carbonyl (C=O) groups is 1. The second kappa shape index (κ2) is 11.6. The van der Waals surface area contributed by atoms with Crippen molar-refractivity contribution < 1.29 is 19.2 Å². The van der Waals surface area contributed by atoms with Gasteiger partial charge in [0.1, 0.15) is 6.61 Å². The topological polar surface area (TPSA) is 103 Å². The van der Waals surface area contributed by atoms with Gasteiger partial charge in [-0.2, -0.15) is 5.10 Å². The molecule has 9 heteroatoms. The van der Waals surface area contributed by atoms with Crippen molar-refractivity contribution in [2.24, 2.45) is 5.10 Å². The number of amides is 1. The maximum Gasteiger partial charge on any atom is 0.273 e. The van der Waals surface area contributed by atoms with E-state index in [0.717, 1.165) is 5.56 Å². The van der Waals surface area contributed by atoms with Gasteiger partial charge in [0, 0.05) is 22.2 Å². The minimum Gasteiger partial charge on any atom is -0.490 e. The molecule has 1 N–H and O–H groups in total. The number of nitrogens with one attached hydrogen (secondary N) is 1. The molecule has 0 unspecified atom stereocenters. The summed E-state index contributed by atoms with van der Waals surface area (Å²) in [4.78, 5) is 22.7. The number of para-hydroxylation sites is 1. The molecule has 33 heavy (non-hydrogen) atoms. The van der Waals surface area contributed by atoms with Crippen LogP contribution in [0.5, 0.6) is 11.5 Å². The summed E-state index contributed by atoms with van der Waals surface area (Å²) in [5, 5.41) is 15.6. The Hall–Kier alpha value is -3.91. The lowest BCUT2D eigenvalue weighted by Crippen LogP contribution is -2.20. The van der Waals surface area contributed by atoms with Crippen LogP contribution >= 0.6 is 11.6 Å². The summed E-state index contributed by atoms with van der Waals surface area (Å²) in [7, 11) is 0. The number of nitro groups is 1. The number of hydrogen-bond donors (Lipinski definition) is 1. The van der Waals surface area contributed by atoms with Gasteiger partial charge in [0.05, 0.1) is 24.2 Å². The fourth-order valence-corrected chi connectivity index (χ4v) is 3.18. The van der Waals surface area contributed by atoms with Crippen molar-refractivity contribution >= 4 is 29.4 Å². The summed E-state index contributed by atoms with van der Waals surface area (Å²) < 4.78 is 11.5. The van der Waals surface area contributed by atoms with Crippen LogP contribution in [-0.4, -0.2) is 23.7 Å². The van der Waals surface area contributed by atoms with Gasteiger partial charge in [0.25, 0.3) is 5.69 Å². The lowest BCUT2D eigenvalue weighted by Gasteiger charge is -2.13. The van der Waals surface area contributed by atoms with E-state index in [1.54, 1.807) is 36.4 Å². The van der Waals surface area contributed by atoms with Crippen LogP contribution in [0.15, 0.2) is 71.8 Å². The van der Waals surface area contributed by atoms with E-state index in [1.165, 1.54) is 18.3 Å². The summed E-state index contributed by atoms with van der Waals surface area (Å²) in [5.74, 6) is 0.611. The van der Waals surface area contributed by atoms with Crippen LogP contribution < -0.4 is 14.9 Å². The Kier molecular flexibility index (Phi) is 8.37. The standard InChI is InChI=1S/C24H22ClN3O5/c1-2-32-23-13-17(11-12-22(23)33-16-19-8-3-5-9-20(19)25)15-26-27-24(29)14-18-7-4-6-10-21(18)28(30)31/h3-13,15H,2,14,16H2,1H3,(H,27,29). The van der Waals surface area contributed by atoms with Gasteiger partial charge in [-0.3, -0.25) is 14.9 Å². The zero-order valence-electron chi connectivity index (χ0n) is 17.9. The number of nitrogens with zero attached hydrogens (tertiary/aromatic N) is 2. The molecule has 0 fully saturated rings. The summed E-state index contributed by atoms with van der Waals surface area (Å²) in [6.07, 6.45) is 1.30. The first-order valence-corrected chi connectivity index (χ1v) is 10.5. The molecule has 0 saturated heterocycles. The Labute approximate surface area is 195 Å². The molecule has 0 aliphatic carbocycles. The number of hydrogen-bond acceptors (Lipinski definition) is 6. The Balaban J connectivity index is 1.63. The average molecular weight is 468 g/mol. The van der Waals surface area contributed by atoms with Crippen molar-refractivity contribution in [1.82, 2.24) is 5.43 Å². The van der Waals surface area contributed by atoms with Crippen LogP contribution in [0.3, 0.4) is 0 Å². The highest BCUT2D eigenvalue weighted by Crippen LogP contribution is 2.29. The highest BCUT2D eigenvalue weighted by Gasteiger charge is 2.15. The smallest absolute Gasteiger partial charge is 0.273 e. The van der Waals surface area contributed by atoms with Gasteiger partial charge < -0.3 is 9.47 Å². The SMILES string of the molecule is CCOc1cc(C=NNC(=O)Cc2ccccc2[N+](=O)[O-])ccc1OCc1ccccc1Cl. The van der Waals surface area contributed by atoms with Gasteiger partial charge in [-0.05, 0) is 36.8 Å². The molecule has 3 aromatic carbocycles. The molecule has 0 bridgehead atoms. The molecule has 0 aromatic heterocycles. The van der Waals surface area contributed by atoms with Gasteiger partial charge in [-0.1, -0.05) is 48.0 Å². The number of benzene rings is 3. The lowest BCUT2D eigenvalue weighted by molar-refractivity contribution is -0.385. The normalized spacial score (nSPS) is 10.7. The Bertz CT molecular complexity index is 1170. The highest BCUT2D eigenvalue weighted by atomic mass is 35.5. The summed E-state index contributed by atoms with van der Waals surface area (Å²) >= 11 is 6.18. The van der Waals surface area contributed by atoms with E-state index in [9.17, 15) is 14.9 Å². The summed E-state index contributed by atoms with van der Waals surface area (Å²) in [6, 6.07) is 18.8. The first-order valence-electron chi connectivity index (χ1n) is 10.1. The molecule has 0 atom stereocenters. The van der Waals surface area contributed by atoms with Crippen LogP contribution in [0, 0.1) is 10.1 Å². The van der Waals surface area contributed by atoms with Crippen molar-refractivity contribution in [3.8, 4) is 11.5 Å². The van der Waals surface area contributed by atoms with Crippen LogP contribution in [0.4, 0.5) is 5.69 Å². The number of hydrazone groups is 1. The van der Waals surface area contributed by atoms with E-state index < -0.39 is 10.8 Å². The summed E-state index contributed by atoms with van der Waals surface area (Å²) in [6.45, 7) is 2.59. The van der Waals surface area contributed by atoms with Crippen LogP contribution in [0.2, 0.25) is 5.02 Å². The second-order valence-corrected chi connectivity index (χ2v) is 7.28. The quantitative estimate of drug-likeness (QED) is 0.259.